The highest BCUT2D eigenvalue weighted by atomic mass is 19.1. The number of carbonyl (C=O) groups is 1. The van der Waals surface area contributed by atoms with Gasteiger partial charge in [-0.15, -0.1) is 0 Å². The van der Waals surface area contributed by atoms with Gasteiger partial charge < -0.3 is 5.11 Å². The zero-order chi connectivity index (χ0) is 6.15. The zero-order valence-electron chi connectivity index (χ0n) is 4.30. The van der Waals surface area contributed by atoms with E-state index < -0.39 is 12.6 Å². The second-order valence-electron chi connectivity index (χ2n) is 2.09. The SMILES string of the molecule is O=C(O)[C@@H]1C[C@@H]1CF. The first-order valence-corrected chi connectivity index (χ1v) is 2.54. The van der Waals surface area contributed by atoms with Gasteiger partial charge in [0.15, 0.2) is 0 Å². The molecule has 0 heterocycles. The van der Waals surface area contributed by atoms with Crippen molar-refractivity contribution in [2.24, 2.45) is 11.8 Å². The fourth-order valence-corrected chi connectivity index (χ4v) is 0.721. The fraction of sp³-hybridized carbons (Fsp3) is 0.800. The fourth-order valence-electron chi connectivity index (χ4n) is 0.721. The van der Waals surface area contributed by atoms with Gasteiger partial charge in [0.2, 0.25) is 0 Å². The molecule has 0 saturated heterocycles. The van der Waals surface area contributed by atoms with Gasteiger partial charge >= 0.3 is 5.97 Å². The molecule has 1 N–H and O–H groups in total. The summed E-state index contributed by atoms with van der Waals surface area (Å²) in [6.45, 7) is -0.475. The summed E-state index contributed by atoms with van der Waals surface area (Å²) in [7, 11) is 0. The van der Waals surface area contributed by atoms with Crippen molar-refractivity contribution in [2.75, 3.05) is 6.67 Å². The van der Waals surface area contributed by atoms with Gasteiger partial charge in [-0.1, -0.05) is 0 Å². The van der Waals surface area contributed by atoms with Crippen LogP contribution >= 0.6 is 0 Å². The highest BCUT2D eigenvalue weighted by molar-refractivity contribution is 5.73. The van der Waals surface area contributed by atoms with Crippen molar-refractivity contribution in [1.82, 2.24) is 0 Å². The summed E-state index contributed by atoms with van der Waals surface area (Å²) in [6.07, 6.45) is 0.534. The average molecular weight is 118 g/mol. The van der Waals surface area contributed by atoms with Gasteiger partial charge in [0, 0.05) is 5.92 Å². The van der Waals surface area contributed by atoms with E-state index in [9.17, 15) is 9.18 Å². The molecule has 1 saturated carbocycles. The molecule has 2 nitrogen and oxygen atoms in total. The number of carboxylic acid groups (broad SMARTS) is 1. The summed E-state index contributed by atoms with van der Waals surface area (Å²) in [6, 6.07) is 0. The molecular weight excluding hydrogens is 111 g/mol. The van der Waals surface area contributed by atoms with E-state index in [4.69, 9.17) is 5.11 Å². The number of hydrogen-bond acceptors (Lipinski definition) is 1. The van der Waals surface area contributed by atoms with Crippen LogP contribution in [0.3, 0.4) is 0 Å². The van der Waals surface area contributed by atoms with Gasteiger partial charge in [-0.3, -0.25) is 9.18 Å². The Hall–Kier alpha value is -0.600. The predicted octanol–water partition coefficient (Wildman–Crippen LogP) is 0.677. The van der Waals surface area contributed by atoms with Crippen molar-refractivity contribution in [2.45, 2.75) is 6.42 Å². The Morgan fingerprint density at radius 2 is 2.50 bits per heavy atom. The van der Waals surface area contributed by atoms with Crippen molar-refractivity contribution in [3.05, 3.63) is 0 Å². The summed E-state index contributed by atoms with van der Waals surface area (Å²) in [4.78, 5) is 9.96. The predicted molar refractivity (Wildman–Crippen MR) is 25.2 cm³/mol. The maximum atomic E-state index is 11.5. The van der Waals surface area contributed by atoms with Crippen LogP contribution in [0.25, 0.3) is 0 Å². The van der Waals surface area contributed by atoms with Crippen molar-refractivity contribution in [3.8, 4) is 0 Å². The van der Waals surface area contributed by atoms with Crippen LogP contribution in [0, 0.1) is 11.8 Å². The van der Waals surface area contributed by atoms with Gasteiger partial charge in [-0.05, 0) is 6.42 Å². The Balaban J connectivity index is 2.26. The lowest BCUT2D eigenvalue weighted by atomic mass is 10.3. The third kappa shape index (κ3) is 0.804. The third-order valence-corrected chi connectivity index (χ3v) is 1.44. The van der Waals surface area contributed by atoms with Crippen LogP contribution in [0.4, 0.5) is 4.39 Å². The molecule has 8 heavy (non-hydrogen) atoms. The quantitative estimate of drug-likeness (QED) is 0.578. The van der Waals surface area contributed by atoms with E-state index in [-0.39, 0.29) is 11.8 Å². The summed E-state index contributed by atoms with van der Waals surface area (Å²) < 4.78 is 11.5. The van der Waals surface area contributed by atoms with E-state index in [1.165, 1.54) is 0 Å². The topological polar surface area (TPSA) is 37.3 Å². The van der Waals surface area contributed by atoms with Crippen LogP contribution in [0.1, 0.15) is 6.42 Å². The summed E-state index contributed by atoms with van der Waals surface area (Å²) in [5.41, 5.74) is 0. The molecule has 3 heteroatoms. The second-order valence-corrected chi connectivity index (χ2v) is 2.09. The van der Waals surface area contributed by atoms with Crippen LogP contribution in [0.2, 0.25) is 0 Å². The van der Waals surface area contributed by atoms with Gasteiger partial charge in [0.05, 0.1) is 12.6 Å². The van der Waals surface area contributed by atoms with Crippen LogP contribution < -0.4 is 0 Å². The van der Waals surface area contributed by atoms with E-state index in [2.05, 4.69) is 0 Å². The number of halogens is 1. The lowest BCUT2D eigenvalue weighted by Crippen LogP contribution is -1.99. The second kappa shape index (κ2) is 1.73. The average Bonchev–Trinajstić information content (AvgIpc) is 2.42. The molecule has 0 bridgehead atoms. The van der Waals surface area contributed by atoms with Crippen LogP contribution in [-0.2, 0) is 4.79 Å². The molecule has 1 fully saturated rings. The van der Waals surface area contributed by atoms with E-state index >= 15 is 0 Å². The molecule has 0 aromatic carbocycles. The Kier molecular flexibility index (Phi) is 1.19. The van der Waals surface area contributed by atoms with E-state index in [1.54, 1.807) is 0 Å². The van der Waals surface area contributed by atoms with Gasteiger partial charge in [0.25, 0.3) is 0 Å². The zero-order valence-corrected chi connectivity index (χ0v) is 4.30. The Morgan fingerprint density at radius 3 is 2.62 bits per heavy atom. The van der Waals surface area contributed by atoms with Crippen molar-refractivity contribution < 1.29 is 14.3 Å². The standard InChI is InChI=1S/C5H7FO2/c6-2-3-1-4(3)5(7)8/h3-4H,1-2H2,(H,7,8)/t3-,4-/m1/s1. The normalized spacial score (nSPS) is 34.6. The summed E-state index contributed by atoms with van der Waals surface area (Å²) >= 11 is 0. The molecule has 0 amide bonds. The van der Waals surface area contributed by atoms with Gasteiger partial charge in [-0.25, -0.2) is 0 Å². The minimum absolute atomic E-state index is 0.174. The number of hydrogen-bond donors (Lipinski definition) is 1. The first-order valence-electron chi connectivity index (χ1n) is 2.54. The maximum Gasteiger partial charge on any atom is 0.306 e. The van der Waals surface area contributed by atoms with Crippen LogP contribution in [-0.4, -0.2) is 17.8 Å². The largest absolute Gasteiger partial charge is 0.481 e. The first-order chi connectivity index (χ1) is 3.75. The molecule has 2 atom stereocenters. The van der Waals surface area contributed by atoms with Gasteiger partial charge in [0.1, 0.15) is 0 Å². The molecule has 46 valence electrons. The van der Waals surface area contributed by atoms with Crippen LogP contribution in [0.5, 0.6) is 0 Å². The molecular formula is C5H7FO2. The van der Waals surface area contributed by atoms with Crippen LogP contribution in [0.15, 0.2) is 0 Å². The van der Waals surface area contributed by atoms with Crippen molar-refractivity contribution in [3.63, 3.8) is 0 Å². The minimum atomic E-state index is -0.854. The maximum absolute atomic E-state index is 11.5. The number of rotatable bonds is 2. The summed E-state index contributed by atoms with van der Waals surface area (Å²) in [5, 5.41) is 8.19. The molecule has 0 aromatic heterocycles. The Morgan fingerprint density at radius 1 is 1.88 bits per heavy atom. The Labute approximate surface area is 46.3 Å². The highest BCUT2D eigenvalue weighted by Crippen LogP contribution is 2.38. The molecule has 0 aliphatic heterocycles. The minimum Gasteiger partial charge on any atom is -0.481 e. The molecule has 1 aliphatic carbocycles. The van der Waals surface area contributed by atoms with E-state index in [1.807, 2.05) is 0 Å². The third-order valence-electron chi connectivity index (χ3n) is 1.44. The summed E-state index contributed by atoms with van der Waals surface area (Å²) in [5.74, 6) is -1.40. The van der Waals surface area contributed by atoms with E-state index in [0.717, 1.165) is 0 Å². The molecule has 1 aliphatic rings. The van der Waals surface area contributed by atoms with Crippen molar-refractivity contribution in [1.29, 1.82) is 0 Å². The molecule has 0 unspecified atom stereocenters. The molecule has 0 spiro atoms. The monoisotopic (exact) mass is 118 g/mol. The molecule has 0 aromatic rings. The number of aliphatic carboxylic acids is 1. The Bertz CT molecular complexity index is 113. The van der Waals surface area contributed by atoms with Gasteiger partial charge in [-0.2, -0.15) is 0 Å². The number of alkyl halides is 1. The highest BCUT2D eigenvalue weighted by Gasteiger charge is 2.42. The molecule has 0 radical (unpaired) electrons. The number of carboxylic acids is 1. The molecule has 1 rings (SSSR count). The smallest absolute Gasteiger partial charge is 0.306 e. The van der Waals surface area contributed by atoms with Crippen molar-refractivity contribution >= 4 is 5.97 Å². The van der Waals surface area contributed by atoms with E-state index in [0.29, 0.717) is 6.42 Å². The lowest BCUT2D eigenvalue weighted by Gasteiger charge is -1.83. The first kappa shape index (κ1) is 5.54. The lowest BCUT2D eigenvalue weighted by molar-refractivity contribution is -0.138.